The van der Waals surface area contributed by atoms with Crippen LogP contribution >= 0.6 is 0 Å². The van der Waals surface area contributed by atoms with Gasteiger partial charge in [0.15, 0.2) is 17.5 Å². The van der Waals surface area contributed by atoms with Crippen LogP contribution in [0.2, 0.25) is 0 Å². The predicted molar refractivity (Wildman–Crippen MR) is 468 cm³/mol. The molecule has 0 bridgehead atoms. The van der Waals surface area contributed by atoms with Gasteiger partial charge >= 0.3 is 0 Å². The van der Waals surface area contributed by atoms with E-state index in [9.17, 15) is 0 Å². The van der Waals surface area contributed by atoms with Crippen molar-refractivity contribution in [3.63, 3.8) is 0 Å². The van der Waals surface area contributed by atoms with Crippen molar-refractivity contribution in [2.75, 3.05) is 0 Å². The Morgan fingerprint density at radius 3 is 0.723 bits per heavy atom. The fourth-order valence-corrected chi connectivity index (χ4v) is 16.7. The molecule has 0 fully saturated rings. The third-order valence-corrected chi connectivity index (χ3v) is 22.5. The van der Waals surface area contributed by atoms with E-state index in [1.807, 2.05) is 0 Å². The van der Waals surface area contributed by atoms with E-state index >= 15 is 0 Å². The second-order valence-corrected chi connectivity index (χ2v) is 29.9. The van der Waals surface area contributed by atoms with Gasteiger partial charge in [-0.15, -0.1) is 0 Å². The fourth-order valence-electron chi connectivity index (χ4n) is 16.7. The number of hydrogen-bond acceptors (Lipinski definition) is 3. The molecule has 19 aromatic rings. The molecule has 0 amide bonds. The maximum atomic E-state index is 5.64. The van der Waals surface area contributed by atoms with E-state index < -0.39 is 5.41 Å². The molecule has 1 aliphatic rings. The topological polar surface area (TPSA) is 43.6 Å². The van der Waals surface area contributed by atoms with Crippen LogP contribution in [0.5, 0.6) is 0 Å². The summed E-state index contributed by atoms with van der Waals surface area (Å²) in [6.45, 7) is 4.81. The summed E-state index contributed by atoms with van der Waals surface area (Å²) in [6.07, 6.45) is 0. The van der Waals surface area contributed by atoms with Crippen LogP contribution in [-0.4, -0.2) is 19.5 Å². The van der Waals surface area contributed by atoms with Crippen molar-refractivity contribution in [3.8, 4) is 173 Å². The lowest BCUT2D eigenvalue weighted by Crippen LogP contribution is -2.26. The van der Waals surface area contributed by atoms with Crippen molar-refractivity contribution in [3.05, 3.63) is 424 Å². The smallest absolute Gasteiger partial charge is 0.164 e. The molecule has 0 aliphatic carbocycles. The molecule has 17 aromatic carbocycles. The Labute approximate surface area is 653 Å². The molecule has 4 nitrogen and oxygen atoms in total. The van der Waals surface area contributed by atoms with E-state index in [1.165, 1.54) is 55.2 Å². The molecule has 1 aliphatic heterocycles. The number of aromatic nitrogens is 4. The number of hydrogen-bond donors (Lipinski definition) is 0. The number of benzene rings is 17. The SMILES string of the molecule is CC1(C)c2cc(-c3nc(-c4cccc(-c5cc(-c6ccccc6)cc(-c6ccccc6)c5)c4)nc(-c4cccc(-c5cc(-c6ccccc6)cc(-c6ccccc6)c5)c4)n3)ccc2-n2c3ccc(-c4cc(-c5ccccc5)cc(-c5ccccc5)c4)cc3c3cc(-c4cc(-c5ccccc5)cc(-c5ccccc5)c4)cc1c32. The van der Waals surface area contributed by atoms with Crippen LogP contribution < -0.4 is 0 Å². The van der Waals surface area contributed by atoms with E-state index in [0.717, 1.165) is 134 Å². The highest BCUT2D eigenvalue weighted by Gasteiger charge is 2.37. The van der Waals surface area contributed by atoms with Gasteiger partial charge in [-0.2, -0.15) is 0 Å². The van der Waals surface area contributed by atoms with Gasteiger partial charge in [0.05, 0.1) is 16.7 Å². The quantitative estimate of drug-likeness (QED) is 0.103. The second kappa shape index (κ2) is 28.3. The molecule has 3 heterocycles. The van der Waals surface area contributed by atoms with Crippen LogP contribution in [-0.2, 0) is 5.41 Å². The lowest BCUT2D eigenvalue weighted by atomic mass is 9.73. The molecule has 526 valence electrons. The highest BCUT2D eigenvalue weighted by Crippen LogP contribution is 2.52. The monoisotopic (exact) mass is 1430 g/mol. The molecule has 20 rings (SSSR count). The molecule has 0 saturated carbocycles. The van der Waals surface area contributed by atoms with Gasteiger partial charge in [0, 0.05) is 32.9 Å². The van der Waals surface area contributed by atoms with E-state index in [1.54, 1.807) is 0 Å². The van der Waals surface area contributed by atoms with Gasteiger partial charge in [-0.25, -0.2) is 15.0 Å². The molecule has 0 spiro atoms. The van der Waals surface area contributed by atoms with Crippen LogP contribution in [0.4, 0.5) is 0 Å². The Morgan fingerprint density at radius 1 is 0.179 bits per heavy atom. The second-order valence-electron chi connectivity index (χ2n) is 29.9. The Balaban J connectivity index is 0.784. The van der Waals surface area contributed by atoms with Crippen LogP contribution in [0.1, 0.15) is 25.0 Å². The summed E-state index contributed by atoms with van der Waals surface area (Å²) in [6, 6.07) is 150. The van der Waals surface area contributed by atoms with Crippen LogP contribution in [0.15, 0.2) is 413 Å². The summed E-state index contributed by atoms with van der Waals surface area (Å²) in [5.74, 6) is 1.73. The average molecular weight is 1430 g/mol. The molecule has 0 unspecified atom stereocenters. The third-order valence-electron chi connectivity index (χ3n) is 22.5. The lowest BCUT2D eigenvalue weighted by molar-refractivity contribution is 0.630. The van der Waals surface area contributed by atoms with Gasteiger partial charge in [0.1, 0.15) is 0 Å². The van der Waals surface area contributed by atoms with E-state index in [0.29, 0.717) is 17.5 Å². The third kappa shape index (κ3) is 12.7. The van der Waals surface area contributed by atoms with E-state index in [-0.39, 0.29) is 0 Å². The van der Waals surface area contributed by atoms with Crippen molar-refractivity contribution < 1.29 is 0 Å². The number of nitrogens with zero attached hydrogens (tertiary/aromatic N) is 4. The first kappa shape index (κ1) is 66.9. The minimum Gasteiger partial charge on any atom is -0.309 e. The summed E-state index contributed by atoms with van der Waals surface area (Å²) >= 11 is 0. The van der Waals surface area contributed by atoms with Gasteiger partial charge in [0.25, 0.3) is 0 Å². The van der Waals surface area contributed by atoms with Crippen molar-refractivity contribution in [2.45, 2.75) is 19.3 Å². The molecule has 2 aromatic heterocycles. The minimum atomic E-state index is -0.554. The maximum absolute atomic E-state index is 5.64. The van der Waals surface area contributed by atoms with Crippen LogP contribution in [0.3, 0.4) is 0 Å². The van der Waals surface area contributed by atoms with Crippen LogP contribution in [0, 0.1) is 0 Å². The van der Waals surface area contributed by atoms with Gasteiger partial charge in [-0.05, 0) is 272 Å². The van der Waals surface area contributed by atoms with Gasteiger partial charge < -0.3 is 4.57 Å². The Hall–Kier alpha value is -14.5. The van der Waals surface area contributed by atoms with Crippen molar-refractivity contribution >= 4 is 21.8 Å². The van der Waals surface area contributed by atoms with E-state index in [4.69, 9.17) is 15.0 Å². The van der Waals surface area contributed by atoms with Crippen molar-refractivity contribution in [1.29, 1.82) is 0 Å². The summed E-state index contributed by atoms with van der Waals surface area (Å²) in [5.41, 5.74) is 35.4. The molecule has 0 saturated heterocycles. The largest absolute Gasteiger partial charge is 0.309 e. The zero-order valence-corrected chi connectivity index (χ0v) is 62.0. The zero-order chi connectivity index (χ0) is 74.6. The minimum absolute atomic E-state index is 0.554. The van der Waals surface area contributed by atoms with Gasteiger partial charge in [-0.3, -0.25) is 0 Å². The molecule has 0 atom stereocenters. The van der Waals surface area contributed by atoms with Crippen LogP contribution in [0.25, 0.3) is 195 Å². The lowest BCUT2D eigenvalue weighted by Gasteiger charge is -2.35. The van der Waals surface area contributed by atoms with Crippen molar-refractivity contribution in [2.24, 2.45) is 0 Å². The molecule has 0 radical (unpaired) electrons. The highest BCUT2D eigenvalue weighted by molar-refractivity contribution is 6.14. The van der Waals surface area contributed by atoms with Gasteiger partial charge in [0.2, 0.25) is 0 Å². The predicted octanol–water partition coefficient (Wildman–Crippen LogP) is 28.6. The summed E-state index contributed by atoms with van der Waals surface area (Å²) in [7, 11) is 0. The first-order valence-corrected chi connectivity index (χ1v) is 38.5. The molecular formula is C108H74N4. The molecule has 0 N–H and O–H groups in total. The zero-order valence-electron chi connectivity index (χ0n) is 62.0. The Morgan fingerprint density at radius 2 is 0.402 bits per heavy atom. The average Bonchev–Trinajstić information content (AvgIpc) is 1.49. The molecule has 112 heavy (non-hydrogen) atoms. The molecular weight excluding hydrogens is 1350 g/mol. The highest BCUT2D eigenvalue weighted by atomic mass is 15.0. The summed E-state index contributed by atoms with van der Waals surface area (Å²) < 4.78 is 2.54. The number of fused-ring (bicyclic) bond motifs is 5. The Kier molecular flexibility index (Phi) is 16.9. The standard InChI is InChI=1S/C108H74N4/c1-108(2)100-69-84(50-52-103(100)112-102-51-49-81(95-63-89(75-37-19-7-20-38-75)57-90(64-95)76-39-21-8-22-40-76)67-98(102)99-68-97(70-101(108)104(99)112)96-65-91(77-41-23-9-24-42-77)58-92(66-96)78-43-25-10-26-44-78)107-110-105(82-47-27-45-79(53-82)93-59-85(71-29-11-3-12-30-71)55-86(60-93)72-31-13-4-14-32-72)109-106(111-107)83-48-28-46-80(54-83)94-61-87(73-33-15-5-16-34-73)56-88(62-94)74-35-17-6-18-36-74/h3-70H,1-2H3. The summed E-state index contributed by atoms with van der Waals surface area (Å²) in [4.78, 5) is 16.8. The summed E-state index contributed by atoms with van der Waals surface area (Å²) in [5, 5.41) is 2.38. The number of rotatable bonds is 15. The first-order valence-electron chi connectivity index (χ1n) is 38.5. The normalized spacial score (nSPS) is 12.1. The fraction of sp³-hybridized carbons (Fsp3) is 0.0278. The Bertz CT molecular complexity index is 6350. The van der Waals surface area contributed by atoms with Crippen molar-refractivity contribution in [1.82, 2.24) is 19.5 Å². The first-order chi connectivity index (χ1) is 55.2. The molecule has 4 heteroatoms. The van der Waals surface area contributed by atoms with Gasteiger partial charge in [-0.1, -0.05) is 299 Å². The van der Waals surface area contributed by atoms with E-state index in [2.05, 4.69) is 431 Å². The maximum Gasteiger partial charge on any atom is 0.164 e.